The Morgan fingerprint density at radius 3 is 2.00 bits per heavy atom. The molecular weight excluding hydrogens is 448 g/mol. The van der Waals surface area contributed by atoms with Crippen LogP contribution in [0.25, 0.3) is 0 Å². The first-order chi connectivity index (χ1) is 17.4. The fourth-order valence-corrected chi connectivity index (χ4v) is 9.23. The van der Waals surface area contributed by atoms with E-state index < -0.39 is 22.9 Å². The van der Waals surface area contributed by atoms with Gasteiger partial charge in [-0.1, -0.05) is 74.4 Å². The first-order valence-corrected chi connectivity index (χ1v) is 13.5. The largest absolute Gasteiger partial charge is 0.485 e. The minimum Gasteiger partial charge on any atom is -0.485 e. The molecule has 3 aromatic rings. The minimum atomic E-state index is -0.698. The van der Waals surface area contributed by atoms with Gasteiger partial charge in [0.05, 0.1) is 12.0 Å². The molecule has 1 spiro atoms. The molecule has 3 heterocycles. The maximum Gasteiger partial charge on any atom is 0.149 e. The van der Waals surface area contributed by atoms with Gasteiger partial charge in [-0.3, -0.25) is 0 Å². The maximum atomic E-state index is 11.7. The Kier molecular flexibility index (Phi) is 3.91. The van der Waals surface area contributed by atoms with Crippen LogP contribution in [0.2, 0.25) is 0 Å². The summed E-state index contributed by atoms with van der Waals surface area (Å²) < 4.78 is 21.7. The zero-order valence-electron chi connectivity index (χ0n) is 20.9. The van der Waals surface area contributed by atoms with Crippen LogP contribution in [0.4, 0.5) is 0 Å². The quantitative estimate of drug-likeness (QED) is 0.448. The van der Waals surface area contributed by atoms with Gasteiger partial charge in [0, 0.05) is 34.4 Å². The van der Waals surface area contributed by atoms with Gasteiger partial charge in [0.25, 0.3) is 0 Å². The van der Waals surface area contributed by atoms with Crippen LogP contribution in [-0.2, 0) is 16.6 Å². The topological polar surface area (TPSA) is 47.9 Å². The predicted octanol–water partition coefficient (Wildman–Crippen LogP) is 6.24. The minimum absolute atomic E-state index is 0.0283. The molecule has 184 valence electrons. The fourth-order valence-electron chi connectivity index (χ4n) is 9.23. The number of hydrogen-bond acceptors (Lipinski definition) is 4. The third-order valence-electron chi connectivity index (χ3n) is 10.3. The molecule has 0 radical (unpaired) electrons. The SMILES string of the molecule is CC12Oc3ccccc3C34CC(C)(c5ccccc5O3)C(C3CCCCC3O)(Oc3ccccc31)C24. The van der Waals surface area contributed by atoms with Gasteiger partial charge < -0.3 is 19.3 Å². The number of aliphatic hydroxyl groups is 1. The highest BCUT2D eigenvalue weighted by atomic mass is 16.6. The number of fused-ring (bicyclic) bond motifs is 7. The first-order valence-electron chi connectivity index (χ1n) is 13.5. The first kappa shape index (κ1) is 21.1. The number of para-hydroxylation sites is 3. The van der Waals surface area contributed by atoms with Gasteiger partial charge in [0.1, 0.15) is 34.1 Å². The summed E-state index contributed by atoms with van der Waals surface area (Å²) in [6.07, 6.45) is 4.26. The van der Waals surface area contributed by atoms with Gasteiger partial charge in [0.2, 0.25) is 0 Å². The lowest BCUT2D eigenvalue weighted by Gasteiger charge is -2.61. The van der Waals surface area contributed by atoms with E-state index in [4.69, 9.17) is 14.2 Å². The second kappa shape index (κ2) is 6.66. The zero-order valence-corrected chi connectivity index (χ0v) is 20.9. The lowest BCUT2D eigenvalue weighted by atomic mass is 9.54. The van der Waals surface area contributed by atoms with Crippen molar-refractivity contribution in [2.24, 2.45) is 11.8 Å². The average molecular weight is 481 g/mol. The molecule has 2 bridgehead atoms. The summed E-state index contributed by atoms with van der Waals surface area (Å²) in [5, 5.41) is 11.7. The van der Waals surface area contributed by atoms with E-state index in [9.17, 15) is 5.11 Å². The number of benzene rings is 3. The molecule has 3 aromatic carbocycles. The number of aliphatic hydroxyl groups excluding tert-OH is 1. The molecule has 1 N–H and O–H groups in total. The molecule has 7 atom stereocenters. The molecule has 7 unspecified atom stereocenters. The van der Waals surface area contributed by atoms with Crippen LogP contribution in [-0.4, -0.2) is 16.8 Å². The van der Waals surface area contributed by atoms with Crippen molar-refractivity contribution in [3.63, 3.8) is 0 Å². The molecule has 2 fully saturated rings. The number of hydrogen-bond donors (Lipinski definition) is 1. The Morgan fingerprint density at radius 1 is 0.694 bits per heavy atom. The predicted molar refractivity (Wildman–Crippen MR) is 136 cm³/mol. The van der Waals surface area contributed by atoms with E-state index in [1.165, 1.54) is 5.56 Å². The van der Waals surface area contributed by atoms with Crippen molar-refractivity contribution in [2.75, 3.05) is 0 Å². The summed E-state index contributed by atoms with van der Waals surface area (Å²) in [6, 6.07) is 25.3. The van der Waals surface area contributed by atoms with Crippen molar-refractivity contribution in [2.45, 2.75) is 74.3 Å². The van der Waals surface area contributed by atoms with E-state index in [0.717, 1.165) is 60.5 Å². The van der Waals surface area contributed by atoms with Crippen LogP contribution in [0, 0.1) is 11.8 Å². The molecule has 0 aromatic heterocycles. The smallest absolute Gasteiger partial charge is 0.149 e. The van der Waals surface area contributed by atoms with Gasteiger partial charge in [-0.2, -0.15) is 0 Å². The lowest BCUT2D eigenvalue weighted by molar-refractivity contribution is -0.214. The van der Waals surface area contributed by atoms with E-state index in [1.807, 2.05) is 12.1 Å². The van der Waals surface area contributed by atoms with Crippen molar-refractivity contribution in [3.05, 3.63) is 89.5 Å². The normalized spacial score (nSPS) is 40.9. The molecule has 2 aliphatic carbocycles. The standard InChI is InChI=1S/C32H32O4/c1-29-19-31(35-25-16-8-4-12-21(25)29)23-14-6-10-18-27(23)34-30(2)22-13-5-9-17-26(22)36-32(29,28(30)31)20-11-3-7-15-24(20)33/h4-6,8-10,12-14,16-18,20,24,28,33H,3,7,11,15,19H2,1-2H3. The average Bonchev–Trinajstić information content (AvgIpc) is 3.08. The third-order valence-corrected chi connectivity index (χ3v) is 10.3. The van der Waals surface area contributed by atoms with E-state index in [2.05, 4.69) is 74.5 Å². The maximum absolute atomic E-state index is 11.7. The van der Waals surface area contributed by atoms with Crippen molar-refractivity contribution in [3.8, 4) is 17.2 Å². The molecular formula is C32H32O4. The van der Waals surface area contributed by atoms with E-state index in [1.54, 1.807) is 0 Å². The Morgan fingerprint density at radius 2 is 1.28 bits per heavy atom. The molecule has 4 heteroatoms. The van der Waals surface area contributed by atoms with Crippen LogP contribution < -0.4 is 14.2 Å². The number of rotatable bonds is 1. The van der Waals surface area contributed by atoms with Crippen LogP contribution >= 0.6 is 0 Å². The van der Waals surface area contributed by atoms with Gasteiger partial charge in [-0.05, 0) is 38.0 Å². The summed E-state index contributed by atoms with van der Waals surface area (Å²) >= 11 is 0. The zero-order chi connectivity index (χ0) is 24.3. The van der Waals surface area contributed by atoms with Crippen LogP contribution in [0.1, 0.15) is 62.6 Å². The molecule has 3 aliphatic heterocycles. The highest BCUT2D eigenvalue weighted by molar-refractivity contribution is 5.60. The third kappa shape index (κ3) is 2.19. The van der Waals surface area contributed by atoms with Gasteiger partial charge in [-0.25, -0.2) is 0 Å². The summed E-state index contributed by atoms with van der Waals surface area (Å²) in [4.78, 5) is 0. The second-order valence-corrected chi connectivity index (χ2v) is 12.0. The lowest BCUT2D eigenvalue weighted by Crippen LogP contribution is -2.70. The van der Waals surface area contributed by atoms with Crippen LogP contribution in [0.3, 0.4) is 0 Å². The summed E-state index contributed by atoms with van der Waals surface area (Å²) in [6.45, 7) is 4.60. The summed E-state index contributed by atoms with van der Waals surface area (Å²) in [5.41, 5.74) is 0.956. The van der Waals surface area contributed by atoms with Crippen LogP contribution in [0.5, 0.6) is 17.2 Å². The molecule has 36 heavy (non-hydrogen) atoms. The summed E-state index contributed by atoms with van der Waals surface area (Å²) in [7, 11) is 0. The number of ether oxygens (including phenoxy) is 3. The monoisotopic (exact) mass is 480 g/mol. The Labute approximate surface area is 212 Å². The highest BCUT2D eigenvalue weighted by Gasteiger charge is 2.84. The van der Waals surface area contributed by atoms with Gasteiger partial charge in [-0.15, -0.1) is 0 Å². The second-order valence-electron chi connectivity index (χ2n) is 12.0. The van der Waals surface area contributed by atoms with Crippen molar-refractivity contribution < 1.29 is 19.3 Å². The van der Waals surface area contributed by atoms with E-state index >= 15 is 0 Å². The van der Waals surface area contributed by atoms with Gasteiger partial charge in [0.15, 0.2) is 0 Å². The summed E-state index contributed by atoms with van der Waals surface area (Å²) in [5.74, 6) is 2.51. The molecule has 0 saturated heterocycles. The molecule has 0 amide bonds. The highest BCUT2D eigenvalue weighted by Crippen LogP contribution is 2.77. The molecule has 8 rings (SSSR count). The van der Waals surface area contributed by atoms with E-state index in [0.29, 0.717) is 0 Å². The molecule has 2 saturated carbocycles. The van der Waals surface area contributed by atoms with E-state index in [-0.39, 0.29) is 17.3 Å². The Bertz CT molecular complexity index is 1400. The van der Waals surface area contributed by atoms with Gasteiger partial charge >= 0.3 is 0 Å². The molecule has 4 nitrogen and oxygen atoms in total. The Balaban J connectivity index is 1.54. The van der Waals surface area contributed by atoms with Crippen molar-refractivity contribution in [1.29, 1.82) is 0 Å². The van der Waals surface area contributed by atoms with Crippen molar-refractivity contribution in [1.82, 2.24) is 0 Å². The van der Waals surface area contributed by atoms with Crippen molar-refractivity contribution >= 4 is 0 Å². The molecule has 5 aliphatic rings. The van der Waals surface area contributed by atoms with Crippen LogP contribution in [0.15, 0.2) is 72.8 Å². The fraction of sp³-hybridized carbons (Fsp3) is 0.438. The Hall–Kier alpha value is -2.98.